The molecule has 2 rings (SSSR count). The van der Waals surface area contributed by atoms with Crippen molar-refractivity contribution in [2.45, 2.75) is 6.61 Å². The molecule has 3 heteroatoms. The molecule has 2 aromatic rings. The van der Waals surface area contributed by atoms with Crippen LogP contribution in [0.1, 0.15) is 11.1 Å². The van der Waals surface area contributed by atoms with E-state index < -0.39 is 0 Å². The van der Waals surface area contributed by atoms with E-state index in [1.807, 2.05) is 54.6 Å². The minimum Gasteiger partial charge on any atom is -0.489 e. The summed E-state index contributed by atoms with van der Waals surface area (Å²) in [5.74, 6) is 0.846. The van der Waals surface area contributed by atoms with Crippen LogP contribution in [-0.4, -0.2) is 13.3 Å². The molecule has 0 aliphatic heterocycles. The van der Waals surface area contributed by atoms with Crippen molar-refractivity contribution in [1.82, 2.24) is 5.43 Å². The van der Waals surface area contributed by atoms with Crippen molar-refractivity contribution in [3.05, 3.63) is 65.7 Å². The average Bonchev–Trinajstić information content (AvgIpc) is 2.44. The summed E-state index contributed by atoms with van der Waals surface area (Å²) in [6.07, 6.45) is 1.76. The second-order valence-corrected chi connectivity index (χ2v) is 3.83. The molecule has 0 fully saturated rings. The molecule has 0 atom stereocenters. The van der Waals surface area contributed by atoms with Gasteiger partial charge in [-0.05, 0) is 23.3 Å². The number of ether oxygens (including phenoxy) is 1. The molecule has 1 N–H and O–H groups in total. The SMILES string of the molecule is CN/N=C/c1cccc(OCc2ccccc2)c1. The highest BCUT2D eigenvalue weighted by Gasteiger charge is 1.96. The van der Waals surface area contributed by atoms with Crippen LogP contribution in [0.3, 0.4) is 0 Å². The van der Waals surface area contributed by atoms with Crippen LogP contribution >= 0.6 is 0 Å². The summed E-state index contributed by atoms with van der Waals surface area (Å²) in [6, 6.07) is 18.0. The van der Waals surface area contributed by atoms with Crippen LogP contribution < -0.4 is 10.2 Å². The summed E-state index contributed by atoms with van der Waals surface area (Å²) >= 11 is 0. The molecule has 18 heavy (non-hydrogen) atoms. The summed E-state index contributed by atoms with van der Waals surface area (Å²) in [7, 11) is 1.77. The van der Waals surface area contributed by atoms with E-state index in [9.17, 15) is 0 Å². The van der Waals surface area contributed by atoms with E-state index in [0.717, 1.165) is 16.9 Å². The minimum atomic E-state index is 0.577. The Hall–Kier alpha value is -2.29. The first kappa shape index (κ1) is 12.2. The Labute approximate surface area is 107 Å². The Kier molecular flexibility index (Phi) is 4.36. The second-order valence-electron chi connectivity index (χ2n) is 3.83. The van der Waals surface area contributed by atoms with Gasteiger partial charge in [0.2, 0.25) is 0 Å². The fourth-order valence-corrected chi connectivity index (χ4v) is 1.56. The predicted octanol–water partition coefficient (Wildman–Crippen LogP) is 2.82. The summed E-state index contributed by atoms with van der Waals surface area (Å²) in [4.78, 5) is 0. The van der Waals surface area contributed by atoms with Crippen molar-refractivity contribution in [1.29, 1.82) is 0 Å². The molecule has 0 heterocycles. The number of hydrazone groups is 1. The second kappa shape index (κ2) is 6.45. The zero-order chi connectivity index (χ0) is 12.6. The third-order valence-corrected chi connectivity index (χ3v) is 2.45. The summed E-state index contributed by atoms with van der Waals surface area (Å²) in [5, 5.41) is 3.97. The number of nitrogens with zero attached hydrogens (tertiary/aromatic N) is 1. The van der Waals surface area contributed by atoms with Gasteiger partial charge in [-0.3, -0.25) is 0 Å². The lowest BCUT2D eigenvalue weighted by Crippen LogP contribution is -1.97. The van der Waals surface area contributed by atoms with Crippen molar-refractivity contribution in [2.24, 2.45) is 5.10 Å². The lowest BCUT2D eigenvalue weighted by Gasteiger charge is -2.06. The average molecular weight is 240 g/mol. The molecule has 0 spiro atoms. The van der Waals surface area contributed by atoms with Crippen molar-refractivity contribution < 1.29 is 4.74 Å². The molecule has 2 aromatic carbocycles. The molecule has 92 valence electrons. The van der Waals surface area contributed by atoms with Crippen LogP contribution in [0.4, 0.5) is 0 Å². The Balaban J connectivity index is 1.99. The molecule has 0 radical (unpaired) electrons. The van der Waals surface area contributed by atoms with Crippen molar-refractivity contribution >= 4 is 6.21 Å². The number of benzene rings is 2. The van der Waals surface area contributed by atoms with E-state index in [2.05, 4.69) is 10.5 Å². The summed E-state index contributed by atoms with van der Waals surface area (Å²) < 4.78 is 5.73. The lowest BCUT2D eigenvalue weighted by atomic mass is 10.2. The van der Waals surface area contributed by atoms with Gasteiger partial charge < -0.3 is 10.2 Å². The Morgan fingerprint density at radius 3 is 2.72 bits per heavy atom. The third-order valence-electron chi connectivity index (χ3n) is 2.45. The molecule has 0 aliphatic carbocycles. The van der Waals surface area contributed by atoms with E-state index in [4.69, 9.17) is 4.74 Å². The molecule has 0 bridgehead atoms. The number of hydrogen-bond donors (Lipinski definition) is 1. The number of nitrogens with one attached hydrogen (secondary N) is 1. The topological polar surface area (TPSA) is 33.6 Å². The summed E-state index contributed by atoms with van der Waals surface area (Å²) in [5.41, 5.74) is 4.89. The van der Waals surface area contributed by atoms with Crippen LogP contribution in [0.2, 0.25) is 0 Å². The maximum atomic E-state index is 5.73. The highest BCUT2D eigenvalue weighted by molar-refractivity contribution is 5.79. The first-order valence-corrected chi connectivity index (χ1v) is 5.85. The first-order chi connectivity index (χ1) is 8.88. The fraction of sp³-hybridized carbons (Fsp3) is 0.133. The molecular formula is C15H16N2O. The van der Waals surface area contributed by atoms with Crippen molar-refractivity contribution in [3.63, 3.8) is 0 Å². The molecule has 0 unspecified atom stereocenters. The highest BCUT2D eigenvalue weighted by Crippen LogP contribution is 2.14. The van der Waals surface area contributed by atoms with Gasteiger partial charge >= 0.3 is 0 Å². The van der Waals surface area contributed by atoms with Crippen LogP contribution in [0.5, 0.6) is 5.75 Å². The normalized spacial score (nSPS) is 10.5. The van der Waals surface area contributed by atoms with Crippen LogP contribution in [0.25, 0.3) is 0 Å². The van der Waals surface area contributed by atoms with E-state index in [1.165, 1.54) is 0 Å². The largest absolute Gasteiger partial charge is 0.489 e. The van der Waals surface area contributed by atoms with Gasteiger partial charge in [-0.2, -0.15) is 5.10 Å². The van der Waals surface area contributed by atoms with E-state index in [0.29, 0.717) is 6.61 Å². The summed E-state index contributed by atoms with van der Waals surface area (Å²) in [6.45, 7) is 0.577. The maximum absolute atomic E-state index is 5.73. The van der Waals surface area contributed by atoms with E-state index in [1.54, 1.807) is 13.3 Å². The standard InChI is InChI=1S/C15H16N2O/c1-16-17-11-14-8-5-9-15(10-14)18-12-13-6-3-2-4-7-13/h2-11,16H,12H2,1H3/b17-11+. The van der Waals surface area contributed by atoms with Crippen LogP contribution in [0, 0.1) is 0 Å². The Bertz CT molecular complexity index is 509. The molecule has 0 aliphatic rings. The van der Waals surface area contributed by atoms with Gasteiger partial charge in [-0.1, -0.05) is 42.5 Å². The van der Waals surface area contributed by atoms with Crippen molar-refractivity contribution in [3.8, 4) is 5.75 Å². The third kappa shape index (κ3) is 3.63. The maximum Gasteiger partial charge on any atom is 0.120 e. The molecule has 3 nitrogen and oxygen atoms in total. The molecule has 0 saturated heterocycles. The smallest absolute Gasteiger partial charge is 0.120 e. The lowest BCUT2D eigenvalue weighted by molar-refractivity contribution is 0.306. The number of hydrogen-bond acceptors (Lipinski definition) is 3. The molecule has 0 amide bonds. The van der Waals surface area contributed by atoms with Gasteiger partial charge in [-0.25, -0.2) is 0 Å². The van der Waals surface area contributed by atoms with Crippen molar-refractivity contribution in [2.75, 3.05) is 7.05 Å². The highest BCUT2D eigenvalue weighted by atomic mass is 16.5. The molecule has 0 saturated carbocycles. The molecular weight excluding hydrogens is 224 g/mol. The van der Waals surface area contributed by atoms with Gasteiger partial charge in [0.05, 0.1) is 6.21 Å². The van der Waals surface area contributed by atoms with E-state index >= 15 is 0 Å². The van der Waals surface area contributed by atoms with Gasteiger partial charge in [0.15, 0.2) is 0 Å². The van der Waals surface area contributed by atoms with Gasteiger partial charge in [0.1, 0.15) is 12.4 Å². The quantitative estimate of drug-likeness (QED) is 0.644. The van der Waals surface area contributed by atoms with Gasteiger partial charge in [0, 0.05) is 7.05 Å². The van der Waals surface area contributed by atoms with Crippen LogP contribution in [-0.2, 0) is 6.61 Å². The Morgan fingerprint density at radius 1 is 1.11 bits per heavy atom. The van der Waals surface area contributed by atoms with Gasteiger partial charge in [-0.15, -0.1) is 0 Å². The fourth-order valence-electron chi connectivity index (χ4n) is 1.56. The van der Waals surface area contributed by atoms with Crippen LogP contribution in [0.15, 0.2) is 59.7 Å². The predicted molar refractivity (Wildman–Crippen MR) is 73.9 cm³/mol. The van der Waals surface area contributed by atoms with Gasteiger partial charge in [0.25, 0.3) is 0 Å². The Morgan fingerprint density at radius 2 is 1.94 bits per heavy atom. The monoisotopic (exact) mass is 240 g/mol. The number of rotatable bonds is 5. The van der Waals surface area contributed by atoms with E-state index in [-0.39, 0.29) is 0 Å². The molecule has 0 aromatic heterocycles. The zero-order valence-electron chi connectivity index (χ0n) is 10.3. The zero-order valence-corrected chi connectivity index (χ0v) is 10.3. The first-order valence-electron chi connectivity index (χ1n) is 5.85. The minimum absolute atomic E-state index is 0.577.